The number of rotatable bonds is 1. The predicted octanol–water partition coefficient (Wildman–Crippen LogP) is 5.21. The maximum absolute atomic E-state index is 13.6. The van der Waals surface area contributed by atoms with Crippen molar-refractivity contribution >= 4 is 23.2 Å². The van der Waals surface area contributed by atoms with Crippen molar-refractivity contribution in [3.05, 3.63) is 51.9 Å². The van der Waals surface area contributed by atoms with Crippen LogP contribution in [0.25, 0.3) is 11.3 Å². The van der Waals surface area contributed by atoms with Gasteiger partial charge in [0.15, 0.2) is 0 Å². The minimum atomic E-state index is -4.60. The van der Waals surface area contributed by atoms with Crippen LogP contribution in [0.2, 0.25) is 10.0 Å². The number of alkyl halides is 3. The second-order valence-corrected chi connectivity index (χ2v) is 4.51. The zero-order valence-electron chi connectivity index (χ0n) is 9.10. The summed E-state index contributed by atoms with van der Waals surface area (Å²) in [7, 11) is 0. The molecule has 0 N–H and O–H groups in total. The third kappa shape index (κ3) is 2.98. The highest BCUT2D eigenvalue weighted by Gasteiger charge is 2.33. The van der Waals surface area contributed by atoms with Crippen LogP contribution in [0.4, 0.5) is 17.6 Å². The van der Waals surface area contributed by atoms with Crippen LogP contribution in [0.15, 0.2) is 30.5 Å². The van der Waals surface area contributed by atoms with Gasteiger partial charge in [-0.15, -0.1) is 0 Å². The van der Waals surface area contributed by atoms with Gasteiger partial charge in [-0.05, 0) is 24.3 Å². The van der Waals surface area contributed by atoms with Gasteiger partial charge in [0.2, 0.25) is 0 Å². The molecule has 0 saturated carbocycles. The molecule has 0 spiro atoms. The van der Waals surface area contributed by atoms with Crippen LogP contribution in [0.1, 0.15) is 5.56 Å². The van der Waals surface area contributed by atoms with Crippen molar-refractivity contribution < 1.29 is 17.6 Å². The normalized spacial score (nSPS) is 11.7. The molecular formula is C12H5Cl2F4N. The van der Waals surface area contributed by atoms with Crippen LogP contribution in [-0.2, 0) is 6.18 Å². The first-order chi connectivity index (χ1) is 8.79. The molecule has 0 fully saturated rings. The molecule has 0 radical (unpaired) electrons. The molecule has 0 aliphatic rings. The van der Waals surface area contributed by atoms with Crippen molar-refractivity contribution in [3.63, 3.8) is 0 Å². The number of nitrogens with zero attached hydrogens (tertiary/aromatic N) is 1. The van der Waals surface area contributed by atoms with Gasteiger partial charge in [-0.1, -0.05) is 23.2 Å². The van der Waals surface area contributed by atoms with Gasteiger partial charge in [-0.25, -0.2) is 4.39 Å². The first-order valence-corrected chi connectivity index (χ1v) is 5.73. The second-order valence-electron chi connectivity index (χ2n) is 3.67. The molecule has 0 saturated heterocycles. The Morgan fingerprint density at radius 3 is 2.32 bits per heavy atom. The predicted molar refractivity (Wildman–Crippen MR) is 64.7 cm³/mol. The number of hydrogen-bond donors (Lipinski definition) is 0. The summed E-state index contributed by atoms with van der Waals surface area (Å²) in [6.45, 7) is 0. The summed E-state index contributed by atoms with van der Waals surface area (Å²) in [4.78, 5) is 3.58. The number of aromatic nitrogens is 1. The van der Waals surface area contributed by atoms with Crippen molar-refractivity contribution in [2.75, 3.05) is 0 Å². The zero-order valence-corrected chi connectivity index (χ0v) is 10.6. The molecule has 0 atom stereocenters. The smallest absolute Gasteiger partial charge is 0.255 e. The molecule has 100 valence electrons. The highest BCUT2D eigenvalue weighted by atomic mass is 35.5. The molecule has 1 aromatic carbocycles. The molecular weight excluding hydrogens is 305 g/mol. The first kappa shape index (κ1) is 14.1. The van der Waals surface area contributed by atoms with Gasteiger partial charge in [0.1, 0.15) is 5.82 Å². The Morgan fingerprint density at radius 2 is 1.74 bits per heavy atom. The Balaban J connectivity index is 2.54. The van der Waals surface area contributed by atoms with E-state index in [4.69, 9.17) is 23.2 Å². The van der Waals surface area contributed by atoms with Gasteiger partial charge in [0, 0.05) is 16.8 Å². The molecule has 1 nitrogen and oxygen atoms in total. The van der Waals surface area contributed by atoms with Crippen LogP contribution in [0.3, 0.4) is 0 Å². The zero-order chi connectivity index (χ0) is 14.2. The lowest BCUT2D eigenvalue weighted by Gasteiger charge is -2.10. The summed E-state index contributed by atoms with van der Waals surface area (Å²) in [6, 6.07) is 4.65. The molecule has 0 aliphatic heterocycles. The van der Waals surface area contributed by atoms with E-state index in [-0.39, 0.29) is 16.3 Å². The lowest BCUT2D eigenvalue weighted by atomic mass is 10.1. The average Bonchev–Trinajstić information content (AvgIpc) is 2.30. The highest BCUT2D eigenvalue weighted by Crippen LogP contribution is 2.36. The lowest BCUT2D eigenvalue weighted by molar-refractivity contribution is -0.137. The quantitative estimate of drug-likeness (QED) is 0.659. The summed E-state index contributed by atoms with van der Waals surface area (Å²) in [5.41, 5.74) is -1.10. The topological polar surface area (TPSA) is 12.9 Å². The molecule has 7 heteroatoms. The summed E-state index contributed by atoms with van der Waals surface area (Å²) < 4.78 is 51.1. The number of pyridine rings is 1. The Kier molecular flexibility index (Phi) is 3.69. The summed E-state index contributed by atoms with van der Waals surface area (Å²) in [5, 5.41) is -0.300. The van der Waals surface area contributed by atoms with E-state index in [1.165, 1.54) is 12.1 Å². The standard InChI is InChI=1S/C12H5Cl2F4N/c13-6-1-2-10(15)7(3-6)11-4-9(14)8(5-19-11)12(16,17)18/h1-5H. The number of hydrogen-bond acceptors (Lipinski definition) is 1. The van der Waals surface area contributed by atoms with Crippen LogP contribution in [0.5, 0.6) is 0 Å². The Hall–Kier alpha value is -1.33. The van der Waals surface area contributed by atoms with E-state index >= 15 is 0 Å². The van der Waals surface area contributed by atoms with Crippen LogP contribution < -0.4 is 0 Å². The first-order valence-electron chi connectivity index (χ1n) is 4.97. The molecule has 19 heavy (non-hydrogen) atoms. The Labute approximate surface area is 115 Å². The van der Waals surface area contributed by atoms with E-state index in [9.17, 15) is 17.6 Å². The largest absolute Gasteiger partial charge is 0.419 e. The van der Waals surface area contributed by atoms with E-state index < -0.39 is 22.6 Å². The molecule has 0 aliphatic carbocycles. The SMILES string of the molecule is Fc1ccc(Cl)cc1-c1cc(Cl)c(C(F)(F)F)cn1. The Bertz CT molecular complexity index is 626. The fourth-order valence-electron chi connectivity index (χ4n) is 1.48. The van der Waals surface area contributed by atoms with Gasteiger partial charge in [-0.3, -0.25) is 4.98 Å². The van der Waals surface area contributed by atoms with Gasteiger partial charge >= 0.3 is 6.18 Å². The van der Waals surface area contributed by atoms with E-state index in [0.29, 0.717) is 6.20 Å². The van der Waals surface area contributed by atoms with Crippen molar-refractivity contribution in [3.8, 4) is 11.3 Å². The highest BCUT2D eigenvalue weighted by molar-refractivity contribution is 6.32. The van der Waals surface area contributed by atoms with E-state index in [1.54, 1.807) is 0 Å². The van der Waals surface area contributed by atoms with E-state index in [0.717, 1.165) is 12.1 Å². The van der Waals surface area contributed by atoms with Crippen molar-refractivity contribution in [1.82, 2.24) is 4.98 Å². The van der Waals surface area contributed by atoms with Crippen molar-refractivity contribution in [2.24, 2.45) is 0 Å². The third-order valence-electron chi connectivity index (χ3n) is 2.36. The molecule has 1 heterocycles. The molecule has 2 rings (SSSR count). The maximum Gasteiger partial charge on any atom is 0.419 e. The van der Waals surface area contributed by atoms with Gasteiger partial charge in [0.25, 0.3) is 0 Å². The minimum Gasteiger partial charge on any atom is -0.255 e. The van der Waals surface area contributed by atoms with Gasteiger partial charge in [0.05, 0.1) is 16.3 Å². The second kappa shape index (κ2) is 4.98. The molecule has 0 amide bonds. The van der Waals surface area contributed by atoms with Crippen LogP contribution >= 0.6 is 23.2 Å². The fourth-order valence-corrected chi connectivity index (χ4v) is 1.91. The van der Waals surface area contributed by atoms with E-state index in [2.05, 4.69) is 4.98 Å². The number of halogens is 6. The minimum absolute atomic E-state index is 0.0110. The van der Waals surface area contributed by atoms with Crippen LogP contribution in [0, 0.1) is 5.82 Å². The van der Waals surface area contributed by atoms with E-state index in [1.807, 2.05) is 0 Å². The molecule has 2 aromatic rings. The molecule has 1 aromatic heterocycles. The summed E-state index contributed by atoms with van der Waals surface area (Å²) in [5.74, 6) is -0.646. The number of benzene rings is 1. The van der Waals surface area contributed by atoms with Crippen molar-refractivity contribution in [1.29, 1.82) is 0 Å². The van der Waals surface area contributed by atoms with Gasteiger partial charge in [-0.2, -0.15) is 13.2 Å². The summed E-state index contributed by atoms with van der Waals surface area (Å²) in [6.07, 6.45) is -4.03. The fraction of sp³-hybridized carbons (Fsp3) is 0.0833. The molecule has 0 bridgehead atoms. The monoisotopic (exact) mass is 309 g/mol. The Morgan fingerprint density at radius 1 is 1.05 bits per heavy atom. The van der Waals surface area contributed by atoms with Crippen LogP contribution in [-0.4, -0.2) is 4.98 Å². The summed E-state index contributed by atoms with van der Waals surface area (Å²) >= 11 is 11.2. The van der Waals surface area contributed by atoms with Crippen molar-refractivity contribution in [2.45, 2.75) is 6.18 Å². The lowest BCUT2D eigenvalue weighted by Crippen LogP contribution is -2.06. The third-order valence-corrected chi connectivity index (χ3v) is 2.91. The van der Waals surface area contributed by atoms with Gasteiger partial charge < -0.3 is 0 Å². The molecule has 0 unspecified atom stereocenters. The maximum atomic E-state index is 13.6. The average molecular weight is 310 g/mol.